The molecular weight excluding hydrogens is 1210 g/mol. The standard InChI is InChI=1S/C35H59ClN2O10S.C30H58N2O9/c1-12-25-35(8,44)29(40)22(6)38(11)17-18(2)16-34(7,43)30(20(4)27(39)21(5)31(41)46-25)48-33-28(23(37(9)10)15-19(3)45-33)47-32(42)24-13-14-26(36)49-24;1-12-22-30(8,38)25(35)20(6)32(11)15-16(2)14-29(7,37)26(18(4)23(33)19(5)27(36)40-22)41-28-24(34)21(31(9)10)13-17(3)39-28/h13-14,18-23,25,27-30,33,39-40,43-44H,12,15-17H2,1-11H3;16-26,28,33-35,37-38H,12-15H2,1-11H3/t18-,19-,20+,21-,22-,23+,25-,27+,28-,29-,30-,33+,34-,35-;16-,17-,18+,19-,20-,21+,22-,23+,24-,25-,26-,28+,29-,30-/m11/s1. The fraction of sp³-hybridized carbons (Fsp3) is 0.892. The fourth-order valence-electron chi connectivity index (χ4n) is 14.2. The molecule has 0 radical (unpaired) electrons. The summed E-state index contributed by atoms with van der Waals surface area (Å²) in [6.45, 7) is 28.3. The Morgan fingerprint density at radius 1 is 0.622 bits per heavy atom. The third kappa shape index (κ3) is 19.7. The maximum atomic E-state index is 13.5. The summed E-state index contributed by atoms with van der Waals surface area (Å²) in [5.74, 6) is -6.12. The summed E-state index contributed by atoms with van der Waals surface area (Å²) >= 11 is 7.19. The van der Waals surface area contributed by atoms with Crippen LogP contribution in [0.4, 0.5) is 0 Å². The SMILES string of the molecule is CC[C@H]1OC(=O)[C@H](C)[C@@H](O)[C@H](C)[C@@H](O[C@@H]2O[C@H](C)C[C@H](N(C)C)[C@H]2O)[C@](C)(O)C[C@@H](C)CN(C)[C@H](C)[C@@H](O)[C@]1(C)O.CC[C@H]1OC(=O)[C@H](C)[C@@H](O)[C@H](C)[C@@H](O[C@@H]2O[C@H](C)C[C@H](N(C)C)[C@H]2OC(=O)c2ccc(Cl)s2)[C@](C)(O)C[C@@H](C)CN(C)[C@H](C)[C@@H](O)[C@]1(C)O. The number of thiophene rings is 1. The van der Waals surface area contributed by atoms with Crippen molar-refractivity contribution in [2.45, 2.75) is 282 Å². The second-order valence-electron chi connectivity index (χ2n) is 28.7. The Morgan fingerprint density at radius 2 is 1.00 bits per heavy atom. The van der Waals surface area contributed by atoms with Gasteiger partial charge < -0.3 is 98.7 Å². The zero-order valence-corrected chi connectivity index (χ0v) is 59.4. The number of halogens is 1. The van der Waals surface area contributed by atoms with Gasteiger partial charge in [-0.15, -0.1) is 11.3 Å². The Balaban J connectivity index is 0.000000391. The Hall–Kier alpha value is -2.28. The lowest BCUT2D eigenvalue weighted by atomic mass is 9.78. The number of ether oxygens (including phenoxy) is 7. The number of carbonyl (C=O) groups is 3. The zero-order valence-electron chi connectivity index (χ0n) is 57.9. The molecule has 1 aromatic heterocycles. The van der Waals surface area contributed by atoms with Crippen molar-refractivity contribution in [2.24, 2.45) is 35.5 Å². The van der Waals surface area contributed by atoms with E-state index in [1.165, 1.54) is 27.7 Å². The van der Waals surface area contributed by atoms with Gasteiger partial charge in [0, 0.05) is 43.1 Å². The highest BCUT2D eigenvalue weighted by Gasteiger charge is 2.53. The quantitative estimate of drug-likeness (QED) is 0.115. The molecule has 4 aliphatic heterocycles. The van der Waals surface area contributed by atoms with Crippen LogP contribution < -0.4 is 0 Å². The molecule has 5 rings (SSSR count). The maximum absolute atomic E-state index is 13.5. The van der Waals surface area contributed by atoms with Crippen LogP contribution >= 0.6 is 22.9 Å². The van der Waals surface area contributed by atoms with Gasteiger partial charge in [-0.05, 0) is 174 Å². The average molecular weight is 1330 g/mol. The average Bonchev–Trinajstić information content (AvgIpc) is 1.09. The van der Waals surface area contributed by atoms with Crippen LogP contribution in [0.5, 0.6) is 0 Å². The van der Waals surface area contributed by atoms with Crippen LogP contribution in [0.3, 0.4) is 0 Å². The van der Waals surface area contributed by atoms with E-state index in [2.05, 4.69) is 0 Å². The van der Waals surface area contributed by atoms with Crippen molar-refractivity contribution in [1.29, 1.82) is 0 Å². The van der Waals surface area contributed by atoms with E-state index >= 15 is 0 Å². The van der Waals surface area contributed by atoms with Gasteiger partial charge in [0.1, 0.15) is 46.6 Å². The van der Waals surface area contributed by atoms with Crippen molar-refractivity contribution >= 4 is 40.8 Å². The first kappa shape index (κ1) is 80.2. The van der Waals surface area contributed by atoms with Crippen molar-refractivity contribution in [1.82, 2.24) is 19.6 Å². The van der Waals surface area contributed by atoms with Crippen LogP contribution in [-0.2, 0) is 42.7 Å². The number of rotatable bonds is 10. The Morgan fingerprint density at radius 3 is 1.37 bits per heavy atom. The maximum Gasteiger partial charge on any atom is 0.348 e. The van der Waals surface area contributed by atoms with Gasteiger partial charge in [0.2, 0.25) is 0 Å². The van der Waals surface area contributed by atoms with Crippen molar-refractivity contribution in [3.05, 3.63) is 21.3 Å². The van der Waals surface area contributed by atoms with Gasteiger partial charge in [0.15, 0.2) is 18.7 Å². The molecule has 23 nitrogen and oxygen atoms in total. The first-order valence-corrected chi connectivity index (χ1v) is 33.6. The van der Waals surface area contributed by atoms with Gasteiger partial charge in [-0.2, -0.15) is 0 Å². The van der Waals surface area contributed by atoms with E-state index < -0.39 is 150 Å². The van der Waals surface area contributed by atoms with Crippen LogP contribution in [0, 0.1) is 35.5 Å². The molecule has 5 heterocycles. The Bertz CT molecular complexity index is 2400. The first-order valence-electron chi connectivity index (χ1n) is 32.4. The van der Waals surface area contributed by atoms with E-state index in [0.29, 0.717) is 35.1 Å². The lowest BCUT2D eigenvalue weighted by molar-refractivity contribution is -0.299. The Kier molecular flexibility index (Phi) is 29.5. The summed E-state index contributed by atoms with van der Waals surface area (Å²) < 4.78 is 43.4. The molecule has 4 fully saturated rings. The fourth-order valence-corrected chi connectivity index (χ4v) is 15.1. The lowest BCUT2D eigenvalue weighted by Crippen LogP contribution is -2.60. The van der Waals surface area contributed by atoms with E-state index in [4.69, 9.17) is 44.8 Å². The lowest BCUT2D eigenvalue weighted by Gasteiger charge is -2.47. The van der Waals surface area contributed by atoms with Crippen molar-refractivity contribution in [3.63, 3.8) is 0 Å². The number of carbonyl (C=O) groups excluding carboxylic acids is 3. The minimum atomic E-state index is -1.78. The van der Waals surface area contributed by atoms with Crippen LogP contribution in [-0.4, -0.2) is 271 Å². The second kappa shape index (κ2) is 33.1. The van der Waals surface area contributed by atoms with Crippen molar-refractivity contribution in [3.8, 4) is 0 Å². The van der Waals surface area contributed by atoms with E-state index in [1.54, 1.807) is 67.5 Å². The minimum absolute atomic E-state index is 0.0990. The number of nitrogens with zero attached hydrogens (tertiary/aromatic N) is 4. The molecule has 0 aliphatic carbocycles. The number of likely N-dealkylation sites (N-methyl/N-ethyl adjacent to an activating group) is 4. The molecule has 9 N–H and O–H groups in total. The van der Waals surface area contributed by atoms with E-state index in [-0.39, 0.29) is 61.8 Å². The molecule has 90 heavy (non-hydrogen) atoms. The van der Waals surface area contributed by atoms with E-state index in [1.807, 2.05) is 89.6 Å². The molecule has 0 saturated carbocycles. The highest BCUT2D eigenvalue weighted by molar-refractivity contribution is 7.17. The highest BCUT2D eigenvalue weighted by Crippen LogP contribution is 2.40. The summed E-state index contributed by atoms with van der Waals surface area (Å²) in [5, 5.41) is 104. The monoisotopic (exact) mass is 1320 g/mol. The van der Waals surface area contributed by atoms with Gasteiger partial charge in [0.05, 0.1) is 70.0 Å². The molecule has 0 unspecified atom stereocenters. The topological polar surface area (TPSA) is 311 Å². The molecule has 0 amide bonds. The van der Waals surface area contributed by atoms with E-state index in [9.17, 15) is 60.3 Å². The predicted octanol–water partition coefficient (Wildman–Crippen LogP) is 4.53. The number of aliphatic hydroxyl groups excluding tert-OH is 5. The van der Waals surface area contributed by atoms with Gasteiger partial charge in [0.25, 0.3) is 0 Å². The molecule has 4 saturated heterocycles. The predicted molar refractivity (Wildman–Crippen MR) is 342 cm³/mol. The van der Waals surface area contributed by atoms with E-state index in [0.717, 1.165) is 11.3 Å². The molecule has 25 heteroatoms. The summed E-state index contributed by atoms with van der Waals surface area (Å²) in [6.07, 6.45) is -11.9. The zero-order chi connectivity index (χ0) is 68.8. The largest absolute Gasteiger partial charge is 0.459 e. The third-order valence-corrected chi connectivity index (χ3v) is 21.1. The summed E-state index contributed by atoms with van der Waals surface area (Å²) in [5.41, 5.74) is -6.62. The summed E-state index contributed by atoms with van der Waals surface area (Å²) in [6, 6.07) is 1.63. The smallest absolute Gasteiger partial charge is 0.348 e. The van der Waals surface area contributed by atoms with Gasteiger partial charge in [-0.3, -0.25) is 9.59 Å². The molecule has 524 valence electrons. The highest BCUT2D eigenvalue weighted by atomic mass is 35.5. The molecule has 28 atom stereocenters. The van der Waals surface area contributed by atoms with Crippen LogP contribution in [0.15, 0.2) is 12.1 Å². The van der Waals surface area contributed by atoms with Crippen LogP contribution in [0.25, 0.3) is 0 Å². The molecule has 4 aliphatic rings. The normalized spacial score (nSPS) is 45.0. The summed E-state index contributed by atoms with van der Waals surface area (Å²) in [7, 11) is 11.2. The first-order chi connectivity index (χ1) is 41.4. The van der Waals surface area contributed by atoms with Gasteiger partial charge in [-0.25, -0.2) is 4.79 Å². The molecular formula is C65H117ClN4O19S. The second-order valence-corrected chi connectivity index (χ2v) is 30.4. The number of hydrogen-bond acceptors (Lipinski definition) is 24. The summed E-state index contributed by atoms with van der Waals surface area (Å²) in [4.78, 5) is 48.1. The number of esters is 3. The van der Waals surface area contributed by atoms with Crippen molar-refractivity contribution in [2.75, 3.05) is 55.4 Å². The number of cyclic esters (lactones) is 2. The van der Waals surface area contributed by atoms with Crippen LogP contribution in [0.2, 0.25) is 4.34 Å². The molecule has 0 aromatic carbocycles. The minimum Gasteiger partial charge on any atom is -0.459 e. The number of aliphatic hydroxyl groups is 9. The van der Waals surface area contributed by atoms with Crippen molar-refractivity contribution < 1.29 is 93.5 Å². The molecule has 1 aromatic rings. The van der Waals surface area contributed by atoms with Gasteiger partial charge >= 0.3 is 17.9 Å². The van der Waals surface area contributed by atoms with Gasteiger partial charge in [-0.1, -0.05) is 53.1 Å². The van der Waals surface area contributed by atoms with Crippen LogP contribution in [0.1, 0.15) is 159 Å². The Labute approximate surface area is 545 Å². The third-order valence-electron chi connectivity index (χ3n) is 19.9. The molecule has 0 bridgehead atoms. The number of hydrogen-bond donors (Lipinski definition) is 9. The molecule has 0 spiro atoms.